The van der Waals surface area contributed by atoms with Gasteiger partial charge >= 0.3 is 0 Å². The Morgan fingerprint density at radius 1 is 1.06 bits per heavy atom. The minimum Gasteiger partial charge on any atom is -0.361 e. The van der Waals surface area contributed by atoms with E-state index < -0.39 is 0 Å². The molecule has 0 fully saturated rings. The van der Waals surface area contributed by atoms with Crippen molar-refractivity contribution in [2.24, 2.45) is 0 Å². The number of rotatable bonds is 5. The third-order valence-corrected chi connectivity index (χ3v) is 6.51. The predicted octanol–water partition coefficient (Wildman–Crippen LogP) is 5.05. The summed E-state index contributed by atoms with van der Waals surface area (Å²) in [7, 11) is 0. The van der Waals surface area contributed by atoms with Crippen LogP contribution in [0.4, 0.5) is 0 Å². The Kier molecular flexibility index (Phi) is 4.92. The maximum absolute atomic E-state index is 13.3. The SMILES string of the molecule is CCc1nn2c(nnc3c(=O)n(CCc4c[nH]c5ccc(Cl)cc45)ccc32)c1-c1ccccc1. The highest BCUT2D eigenvalue weighted by Crippen LogP contribution is 2.29. The first-order valence-corrected chi connectivity index (χ1v) is 11.6. The first-order valence-electron chi connectivity index (χ1n) is 11.2. The second kappa shape index (κ2) is 8.11. The predicted molar refractivity (Wildman–Crippen MR) is 134 cm³/mol. The zero-order valence-corrected chi connectivity index (χ0v) is 19.3. The number of hydrogen-bond acceptors (Lipinski definition) is 4. The van der Waals surface area contributed by atoms with Crippen LogP contribution in [0, 0.1) is 0 Å². The third kappa shape index (κ3) is 3.28. The summed E-state index contributed by atoms with van der Waals surface area (Å²) >= 11 is 6.17. The van der Waals surface area contributed by atoms with Crippen molar-refractivity contribution in [2.75, 3.05) is 0 Å². The quantitative estimate of drug-likeness (QED) is 0.384. The van der Waals surface area contributed by atoms with Crippen LogP contribution < -0.4 is 5.56 Å². The van der Waals surface area contributed by atoms with Gasteiger partial charge in [0.2, 0.25) is 0 Å². The average Bonchev–Trinajstić information content (AvgIpc) is 3.45. The Hall–Kier alpha value is -3.97. The van der Waals surface area contributed by atoms with E-state index in [0.717, 1.165) is 39.7 Å². The van der Waals surface area contributed by atoms with Crippen LogP contribution in [0.3, 0.4) is 0 Å². The first kappa shape index (κ1) is 20.6. The van der Waals surface area contributed by atoms with Crippen molar-refractivity contribution in [3.8, 4) is 11.1 Å². The average molecular weight is 469 g/mol. The van der Waals surface area contributed by atoms with Crippen molar-refractivity contribution < 1.29 is 0 Å². The van der Waals surface area contributed by atoms with Gasteiger partial charge in [0, 0.05) is 34.9 Å². The van der Waals surface area contributed by atoms with Crippen molar-refractivity contribution in [3.05, 3.63) is 93.6 Å². The highest BCUT2D eigenvalue weighted by atomic mass is 35.5. The summed E-state index contributed by atoms with van der Waals surface area (Å²) in [4.78, 5) is 16.5. The smallest absolute Gasteiger partial charge is 0.280 e. The molecule has 4 heterocycles. The number of pyridine rings is 1. The van der Waals surface area contributed by atoms with Crippen LogP contribution in [0.2, 0.25) is 5.02 Å². The lowest BCUT2D eigenvalue weighted by Crippen LogP contribution is -2.22. The van der Waals surface area contributed by atoms with Crippen molar-refractivity contribution in [3.63, 3.8) is 0 Å². The number of nitrogens with zero attached hydrogens (tertiary/aromatic N) is 5. The summed E-state index contributed by atoms with van der Waals surface area (Å²) in [6, 6.07) is 17.7. The minimum absolute atomic E-state index is 0.181. The fraction of sp³-hybridized carbons (Fsp3) is 0.154. The molecule has 0 saturated carbocycles. The number of fused-ring (bicyclic) bond motifs is 4. The van der Waals surface area contributed by atoms with Crippen molar-refractivity contribution in [2.45, 2.75) is 26.3 Å². The molecule has 34 heavy (non-hydrogen) atoms. The zero-order chi connectivity index (χ0) is 23.2. The molecule has 168 valence electrons. The molecule has 0 amide bonds. The van der Waals surface area contributed by atoms with Gasteiger partial charge in [-0.05, 0) is 48.2 Å². The van der Waals surface area contributed by atoms with Crippen LogP contribution in [0.15, 0.2) is 71.8 Å². The Morgan fingerprint density at radius 2 is 1.91 bits per heavy atom. The van der Waals surface area contributed by atoms with E-state index in [4.69, 9.17) is 16.7 Å². The second-order valence-corrected chi connectivity index (χ2v) is 8.72. The second-order valence-electron chi connectivity index (χ2n) is 8.28. The Balaban J connectivity index is 1.41. The van der Waals surface area contributed by atoms with E-state index in [2.05, 4.69) is 22.1 Å². The standard InChI is InChI=1S/C26H21ClN6O/c1-2-20-23(16-6-4-3-5-7-16)25-30-29-24-22(33(25)31-20)11-13-32(26(24)34)12-10-17-15-28-21-9-8-18(27)14-19(17)21/h3-9,11,13-15,28H,2,10,12H2,1H3. The molecule has 0 radical (unpaired) electrons. The number of H-pyrrole nitrogens is 1. The number of halogens is 1. The molecule has 1 N–H and O–H groups in total. The van der Waals surface area contributed by atoms with Gasteiger partial charge in [-0.2, -0.15) is 5.10 Å². The zero-order valence-electron chi connectivity index (χ0n) is 18.5. The van der Waals surface area contributed by atoms with E-state index in [1.807, 2.05) is 67.0 Å². The number of nitrogens with one attached hydrogen (secondary N) is 1. The molecule has 0 atom stereocenters. The number of hydrogen-bond donors (Lipinski definition) is 1. The fourth-order valence-electron chi connectivity index (χ4n) is 4.55. The molecule has 0 bridgehead atoms. The monoisotopic (exact) mass is 468 g/mol. The van der Waals surface area contributed by atoms with Gasteiger partial charge < -0.3 is 9.55 Å². The lowest BCUT2D eigenvalue weighted by atomic mass is 10.0. The molecule has 2 aromatic carbocycles. The van der Waals surface area contributed by atoms with Crippen LogP contribution in [0.1, 0.15) is 18.2 Å². The van der Waals surface area contributed by atoms with Crippen molar-refractivity contribution in [1.29, 1.82) is 0 Å². The highest BCUT2D eigenvalue weighted by molar-refractivity contribution is 6.31. The fourth-order valence-corrected chi connectivity index (χ4v) is 4.72. The maximum atomic E-state index is 13.3. The van der Waals surface area contributed by atoms with Gasteiger partial charge in [0.05, 0.1) is 11.3 Å². The number of benzene rings is 2. The van der Waals surface area contributed by atoms with Crippen LogP contribution >= 0.6 is 11.6 Å². The van der Waals surface area contributed by atoms with Gasteiger partial charge in [0.1, 0.15) is 5.52 Å². The molecule has 7 nitrogen and oxygen atoms in total. The van der Waals surface area contributed by atoms with Gasteiger partial charge in [0.15, 0.2) is 11.2 Å². The summed E-state index contributed by atoms with van der Waals surface area (Å²) in [5.41, 5.74) is 6.49. The van der Waals surface area contributed by atoms with E-state index in [0.29, 0.717) is 34.7 Å². The molecule has 0 aliphatic heterocycles. The van der Waals surface area contributed by atoms with Crippen LogP contribution in [-0.2, 0) is 19.4 Å². The van der Waals surface area contributed by atoms with Gasteiger partial charge in [0.25, 0.3) is 5.56 Å². The van der Waals surface area contributed by atoms with E-state index in [1.165, 1.54) is 0 Å². The van der Waals surface area contributed by atoms with E-state index in [1.54, 1.807) is 9.08 Å². The molecule has 0 saturated heterocycles. The number of aryl methyl sites for hydroxylation is 3. The Morgan fingerprint density at radius 3 is 2.74 bits per heavy atom. The summed E-state index contributed by atoms with van der Waals surface area (Å²) < 4.78 is 3.42. The molecule has 0 aliphatic rings. The molecule has 0 spiro atoms. The topological polar surface area (TPSA) is 80.9 Å². The van der Waals surface area contributed by atoms with Crippen LogP contribution in [-0.4, -0.2) is 29.4 Å². The lowest BCUT2D eigenvalue weighted by molar-refractivity contribution is 0.673. The molecular weight excluding hydrogens is 448 g/mol. The largest absolute Gasteiger partial charge is 0.361 e. The molecule has 4 aromatic heterocycles. The minimum atomic E-state index is -0.181. The van der Waals surface area contributed by atoms with Gasteiger partial charge in [-0.25, -0.2) is 4.52 Å². The maximum Gasteiger partial charge on any atom is 0.280 e. The van der Waals surface area contributed by atoms with Crippen molar-refractivity contribution in [1.82, 2.24) is 29.4 Å². The third-order valence-electron chi connectivity index (χ3n) is 6.27. The van der Waals surface area contributed by atoms with E-state index in [9.17, 15) is 4.79 Å². The lowest BCUT2D eigenvalue weighted by Gasteiger charge is -2.07. The molecule has 8 heteroatoms. The van der Waals surface area contributed by atoms with Gasteiger partial charge in [-0.1, -0.05) is 48.9 Å². The van der Waals surface area contributed by atoms with Crippen molar-refractivity contribution >= 4 is 39.2 Å². The van der Waals surface area contributed by atoms with Crippen LogP contribution in [0.5, 0.6) is 0 Å². The van der Waals surface area contributed by atoms with Gasteiger partial charge in [-0.3, -0.25) is 4.79 Å². The normalized spacial score (nSPS) is 11.7. The Labute approximate surface area is 199 Å². The number of aromatic amines is 1. The summed E-state index contributed by atoms with van der Waals surface area (Å²) in [6.45, 7) is 2.58. The Bertz CT molecular complexity index is 1730. The molecule has 0 unspecified atom stereocenters. The van der Waals surface area contributed by atoms with Crippen LogP contribution in [0.25, 0.3) is 38.7 Å². The first-order chi connectivity index (χ1) is 16.6. The molecule has 0 aliphatic carbocycles. The highest BCUT2D eigenvalue weighted by Gasteiger charge is 2.18. The van der Waals surface area contributed by atoms with E-state index in [-0.39, 0.29) is 5.56 Å². The molecular formula is C26H21ClN6O. The summed E-state index contributed by atoms with van der Waals surface area (Å²) in [5, 5.41) is 15.3. The number of aromatic nitrogens is 6. The van der Waals surface area contributed by atoms with E-state index >= 15 is 0 Å². The summed E-state index contributed by atoms with van der Waals surface area (Å²) in [5.74, 6) is 0. The van der Waals surface area contributed by atoms with Gasteiger partial charge in [-0.15, -0.1) is 10.2 Å². The summed E-state index contributed by atoms with van der Waals surface area (Å²) in [6.07, 6.45) is 5.21. The molecule has 6 aromatic rings. The molecule has 6 rings (SSSR count).